The van der Waals surface area contributed by atoms with E-state index >= 15 is 0 Å². The Hall–Kier alpha value is -1.90. The average molecular weight is 275 g/mol. The van der Waals surface area contributed by atoms with E-state index in [2.05, 4.69) is 16.8 Å². The lowest BCUT2D eigenvalue weighted by Crippen LogP contribution is -2.28. The molecule has 0 aliphatic carbocycles. The van der Waals surface area contributed by atoms with Crippen molar-refractivity contribution in [3.05, 3.63) is 29.6 Å². The van der Waals surface area contributed by atoms with Crippen LogP contribution in [-0.2, 0) is 0 Å². The second kappa shape index (κ2) is 9.08. The van der Waals surface area contributed by atoms with Crippen LogP contribution in [0, 0.1) is 11.8 Å². The van der Waals surface area contributed by atoms with Gasteiger partial charge in [-0.3, -0.25) is 4.79 Å². The molecule has 0 radical (unpaired) electrons. The summed E-state index contributed by atoms with van der Waals surface area (Å²) < 4.78 is 0. The van der Waals surface area contributed by atoms with Gasteiger partial charge in [0, 0.05) is 32.0 Å². The molecule has 1 rings (SSSR count). The lowest BCUT2D eigenvalue weighted by molar-refractivity contribution is 0.0786. The van der Waals surface area contributed by atoms with Crippen LogP contribution in [0.2, 0.25) is 0 Å². The first-order valence-corrected chi connectivity index (χ1v) is 6.70. The molecule has 0 aromatic carbocycles. The van der Waals surface area contributed by atoms with E-state index in [-0.39, 0.29) is 12.5 Å². The summed E-state index contributed by atoms with van der Waals surface area (Å²) in [6.45, 7) is 1.16. The van der Waals surface area contributed by atoms with Gasteiger partial charge in [0.15, 0.2) is 0 Å². The third-order valence-electron chi connectivity index (χ3n) is 2.82. The number of pyridine rings is 1. The number of nitrogens with two attached hydrogens (primary N) is 1. The minimum Gasteiger partial charge on any atom is -0.396 e. The zero-order valence-corrected chi connectivity index (χ0v) is 11.8. The fraction of sp³-hybridized carbons (Fsp3) is 0.467. The predicted octanol–water partition coefficient (Wildman–Crippen LogP) is 0.626. The number of carbonyl (C=O) groups excluding carboxylic acids is 1. The summed E-state index contributed by atoms with van der Waals surface area (Å²) in [4.78, 5) is 17.9. The summed E-state index contributed by atoms with van der Waals surface area (Å²) in [6, 6.07) is 3.44. The molecule has 5 nitrogen and oxygen atoms in total. The van der Waals surface area contributed by atoms with E-state index in [9.17, 15) is 4.79 Å². The van der Waals surface area contributed by atoms with Gasteiger partial charge < -0.3 is 15.7 Å². The number of aliphatic hydroxyl groups is 1. The molecule has 0 saturated heterocycles. The minimum atomic E-state index is -0.104. The second-order valence-corrected chi connectivity index (χ2v) is 4.45. The quantitative estimate of drug-likeness (QED) is 0.589. The smallest absolute Gasteiger partial charge is 0.272 e. The summed E-state index contributed by atoms with van der Waals surface area (Å²) in [5.41, 5.74) is 6.45. The molecule has 0 aliphatic rings. The highest BCUT2D eigenvalue weighted by Crippen LogP contribution is 2.04. The molecular formula is C15H21N3O2. The van der Waals surface area contributed by atoms with Gasteiger partial charge in [0.1, 0.15) is 5.69 Å². The monoisotopic (exact) mass is 275 g/mol. The van der Waals surface area contributed by atoms with Crippen LogP contribution in [0.4, 0.5) is 0 Å². The van der Waals surface area contributed by atoms with Gasteiger partial charge in [-0.1, -0.05) is 11.8 Å². The van der Waals surface area contributed by atoms with E-state index < -0.39 is 0 Å². The van der Waals surface area contributed by atoms with Gasteiger partial charge in [-0.05, 0) is 31.4 Å². The first-order valence-electron chi connectivity index (χ1n) is 6.70. The van der Waals surface area contributed by atoms with Crippen molar-refractivity contribution in [1.29, 1.82) is 0 Å². The van der Waals surface area contributed by atoms with Gasteiger partial charge >= 0.3 is 0 Å². The molecule has 0 atom stereocenters. The van der Waals surface area contributed by atoms with Crippen LogP contribution in [0.15, 0.2) is 18.3 Å². The van der Waals surface area contributed by atoms with Gasteiger partial charge in [0.25, 0.3) is 5.91 Å². The number of hydrogen-bond donors (Lipinski definition) is 2. The van der Waals surface area contributed by atoms with E-state index in [4.69, 9.17) is 10.8 Å². The van der Waals surface area contributed by atoms with Crippen LogP contribution in [0.3, 0.4) is 0 Å². The second-order valence-electron chi connectivity index (χ2n) is 4.45. The maximum absolute atomic E-state index is 12.1. The molecule has 20 heavy (non-hydrogen) atoms. The number of nitrogens with zero attached hydrogens (tertiary/aromatic N) is 2. The summed E-state index contributed by atoms with van der Waals surface area (Å²) >= 11 is 0. The fourth-order valence-electron chi connectivity index (χ4n) is 1.68. The maximum Gasteiger partial charge on any atom is 0.272 e. The Labute approximate surface area is 119 Å². The van der Waals surface area contributed by atoms with Crippen LogP contribution in [0.1, 0.15) is 35.3 Å². The molecule has 0 saturated carbocycles. The Morgan fingerprint density at radius 2 is 2.20 bits per heavy atom. The first-order chi connectivity index (χ1) is 9.69. The number of unbranched alkanes of at least 4 members (excludes halogenated alkanes) is 2. The van der Waals surface area contributed by atoms with Crippen molar-refractivity contribution < 1.29 is 9.90 Å². The van der Waals surface area contributed by atoms with Gasteiger partial charge in [-0.2, -0.15) is 0 Å². The molecule has 0 spiro atoms. The zero-order valence-electron chi connectivity index (χ0n) is 11.8. The number of hydrogen-bond acceptors (Lipinski definition) is 4. The highest BCUT2D eigenvalue weighted by molar-refractivity contribution is 5.92. The third kappa shape index (κ3) is 5.39. The fourth-order valence-corrected chi connectivity index (χ4v) is 1.68. The van der Waals surface area contributed by atoms with Gasteiger partial charge in [-0.25, -0.2) is 4.98 Å². The van der Waals surface area contributed by atoms with Crippen molar-refractivity contribution in [3.63, 3.8) is 0 Å². The number of amides is 1. The average Bonchev–Trinajstić information content (AvgIpc) is 2.49. The van der Waals surface area contributed by atoms with Gasteiger partial charge in [0.05, 0.1) is 6.54 Å². The summed E-state index contributed by atoms with van der Waals surface area (Å²) in [6.07, 6.45) is 4.14. The molecular weight excluding hydrogens is 254 g/mol. The first kappa shape index (κ1) is 16.2. The van der Waals surface area contributed by atoms with Crippen molar-refractivity contribution >= 4 is 5.91 Å². The van der Waals surface area contributed by atoms with Crippen molar-refractivity contribution in [2.75, 3.05) is 26.7 Å². The van der Waals surface area contributed by atoms with Crippen molar-refractivity contribution in [2.24, 2.45) is 5.73 Å². The molecule has 0 aliphatic heterocycles. The Bertz CT molecular complexity index is 474. The molecule has 0 bridgehead atoms. The lowest BCUT2D eigenvalue weighted by Gasteiger charge is -2.16. The SMILES string of the molecule is CN(CCCCCO)C(=O)c1ccc(C#CCN)cn1. The molecule has 0 fully saturated rings. The van der Waals surface area contributed by atoms with E-state index in [1.165, 1.54) is 0 Å². The van der Waals surface area contributed by atoms with Crippen molar-refractivity contribution in [2.45, 2.75) is 19.3 Å². The predicted molar refractivity (Wildman–Crippen MR) is 78.1 cm³/mol. The molecule has 1 aromatic heterocycles. The van der Waals surface area contributed by atoms with Gasteiger partial charge in [-0.15, -0.1) is 0 Å². The highest BCUT2D eigenvalue weighted by Gasteiger charge is 2.12. The Morgan fingerprint density at radius 3 is 2.80 bits per heavy atom. The molecule has 0 unspecified atom stereocenters. The normalized spacial score (nSPS) is 9.75. The molecule has 108 valence electrons. The standard InChI is InChI=1S/C15H21N3O2/c1-18(10-3-2-4-11-19)15(20)14-8-7-13(12-17-14)6-5-9-16/h7-8,12,19H,2-4,9-11,16H2,1H3. The van der Waals surface area contributed by atoms with Crippen molar-refractivity contribution in [1.82, 2.24) is 9.88 Å². The largest absolute Gasteiger partial charge is 0.396 e. The molecule has 1 amide bonds. The highest BCUT2D eigenvalue weighted by atomic mass is 16.2. The molecule has 1 heterocycles. The summed E-state index contributed by atoms with van der Waals surface area (Å²) in [5.74, 6) is 5.50. The number of rotatable bonds is 6. The topological polar surface area (TPSA) is 79.5 Å². The third-order valence-corrected chi connectivity index (χ3v) is 2.82. The van der Waals surface area contributed by atoms with E-state index in [0.29, 0.717) is 18.8 Å². The van der Waals surface area contributed by atoms with Gasteiger partial charge in [0.2, 0.25) is 0 Å². The Balaban J connectivity index is 2.54. The maximum atomic E-state index is 12.1. The zero-order chi connectivity index (χ0) is 14.8. The molecule has 3 N–H and O–H groups in total. The number of aliphatic hydroxyl groups excluding tert-OH is 1. The molecule has 1 aromatic rings. The number of carbonyl (C=O) groups is 1. The van der Waals surface area contributed by atoms with Crippen molar-refractivity contribution in [3.8, 4) is 11.8 Å². The summed E-state index contributed by atoms with van der Waals surface area (Å²) in [5, 5.41) is 8.70. The van der Waals surface area contributed by atoms with E-state index in [1.807, 2.05) is 0 Å². The van der Waals surface area contributed by atoms with E-state index in [0.717, 1.165) is 24.8 Å². The molecule has 5 heteroatoms. The van der Waals surface area contributed by atoms with Crippen LogP contribution < -0.4 is 5.73 Å². The van der Waals surface area contributed by atoms with Crippen LogP contribution >= 0.6 is 0 Å². The lowest BCUT2D eigenvalue weighted by atomic mass is 10.2. The minimum absolute atomic E-state index is 0.104. The summed E-state index contributed by atoms with van der Waals surface area (Å²) in [7, 11) is 1.76. The Kier molecular flexibility index (Phi) is 7.33. The van der Waals surface area contributed by atoms with Crippen LogP contribution in [-0.4, -0.2) is 47.6 Å². The number of aromatic nitrogens is 1. The van der Waals surface area contributed by atoms with Crippen LogP contribution in [0.25, 0.3) is 0 Å². The van der Waals surface area contributed by atoms with Crippen LogP contribution in [0.5, 0.6) is 0 Å². The van der Waals surface area contributed by atoms with E-state index in [1.54, 1.807) is 30.3 Å². The Morgan fingerprint density at radius 1 is 1.40 bits per heavy atom.